The largest absolute Gasteiger partial charge is 0.489 e. The first-order valence-corrected chi connectivity index (χ1v) is 7.88. The van der Waals surface area contributed by atoms with Crippen LogP contribution in [0.5, 0.6) is 5.75 Å². The molecule has 120 valence electrons. The molecule has 0 saturated carbocycles. The number of carbonyl (C=O) groups is 1. The van der Waals surface area contributed by atoms with E-state index in [9.17, 15) is 4.79 Å². The van der Waals surface area contributed by atoms with Crippen LogP contribution in [-0.2, 0) is 0 Å². The zero-order chi connectivity index (χ0) is 16.2. The molecular weight excluding hydrogens is 316 g/mol. The first kappa shape index (κ1) is 15.6. The van der Waals surface area contributed by atoms with Crippen molar-refractivity contribution in [1.29, 1.82) is 0 Å². The number of carboxylic acid groups (broad SMARTS) is 1. The fourth-order valence-electron chi connectivity index (χ4n) is 2.64. The van der Waals surface area contributed by atoms with Gasteiger partial charge in [-0.05, 0) is 24.3 Å². The SMILES string of the molecule is O=C(O)c1cccc(N2CCC(Oc3ccccc3Cl)CC2)n1. The van der Waals surface area contributed by atoms with Crippen molar-refractivity contribution in [3.63, 3.8) is 0 Å². The molecule has 1 aromatic heterocycles. The molecule has 2 heterocycles. The molecule has 0 bridgehead atoms. The predicted octanol–water partition coefficient (Wildman–Crippen LogP) is 3.48. The van der Waals surface area contributed by atoms with Gasteiger partial charge in [-0.3, -0.25) is 0 Å². The van der Waals surface area contributed by atoms with Gasteiger partial charge in [-0.15, -0.1) is 0 Å². The second kappa shape index (κ2) is 6.87. The van der Waals surface area contributed by atoms with Crippen molar-refractivity contribution in [2.24, 2.45) is 0 Å². The number of hydrogen-bond acceptors (Lipinski definition) is 4. The number of aromatic carboxylic acids is 1. The van der Waals surface area contributed by atoms with Crippen LogP contribution in [-0.4, -0.2) is 35.3 Å². The van der Waals surface area contributed by atoms with Gasteiger partial charge < -0.3 is 14.7 Å². The summed E-state index contributed by atoms with van der Waals surface area (Å²) in [4.78, 5) is 17.3. The molecule has 1 fully saturated rings. The van der Waals surface area contributed by atoms with Gasteiger partial charge in [0, 0.05) is 25.9 Å². The minimum absolute atomic E-state index is 0.0666. The van der Waals surface area contributed by atoms with Crippen LogP contribution in [0.1, 0.15) is 23.3 Å². The summed E-state index contributed by atoms with van der Waals surface area (Å²) in [6, 6.07) is 12.5. The van der Waals surface area contributed by atoms with Crippen molar-refractivity contribution in [3.8, 4) is 5.75 Å². The van der Waals surface area contributed by atoms with Gasteiger partial charge >= 0.3 is 5.97 Å². The molecule has 3 rings (SSSR count). The normalized spacial score (nSPS) is 15.4. The highest BCUT2D eigenvalue weighted by atomic mass is 35.5. The van der Waals surface area contributed by atoms with E-state index in [1.165, 1.54) is 6.07 Å². The zero-order valence-electron chi connectivity index (χ0n) is 12.5. The summed E-state index contributed by atoms with van der Waals surface area (Å²) in [7, 11) is 0. The average molecular weight is 333 g/mol. The zero-order valence-corrected chi connectivity index (χ0v) is 13.2. The minimum atomic E-state index is -1.01. The molecule has 1 aliphatic heterocycles. The maximum Gasteiger partial charge on any atom is 0.354 e. The Hall–Kier alpha value is -2.27. The number of pyridine rings is 1. The number of rotatable bonds is 4. The molecule has 0 aliphatic carbocycles. The maximum atomic E-state index is 11.0. The Morgan fingerprint density at radius 3 is 2.61 bits per heavy atom. The van der Waals surface area contributed by atoms with E-state index in [-0.39, 0.29) is 11.8 Å². The number of halogens is 1. The molecule has 1 aromatic carbocycles. The smallest absolute Gasteiger partial charge is 0.354 e. The first-order chi connectivity index (χ1) is 11.1. The number of nitrogens with zero attached hydrogens (tertiary/aromatic N) is 2. The lowest BCUT2D eigenvalue weighted by Gasteiger charge is -2.33. The number of hydrogen-bond donors (Lipinski definition) is 1. The van der Waals surface area contributed by atoms with Crippen molar-refractivity contribution in [1.82, 2.24) is 4.98 Å². The van der Waals surface area contributed by atoms with E-state index in [1.807, 2.05) is 30.3 Å². The number of piperidine rings is 1. The van der Waals surface area contributed by atoms with Crippen molar-refractivity contribution in [3.05, 3.63) is 53.2 Å². The number of benzene rings is 1. The van der Waals surface area contributed by atoms with Gasteiger partial charge in [-0.25, -0.2) is 9.78 Å². The van der Waals surface area contributed by atoms with E-state index < -0.39 is 5.97 Å². The maximum absolute atomic E-state index is 11.0. The van der Waals surface area contributed by atoms with Crippen molar-refractivity contribution < 1.29 is 14.6 Å². The van der Waals surface area contributed by atoms with E-state index in [2.05, 4.69) is 9.88 Å². The fraction of sp³-hybridized carbons (Fsp3) is 0.294. The van der Waals surface area contributed by atoms with Gasteiger partial charge in [0.05, 0.1) is 5.02 Å². The van der Waals surface area contributed by atoms with Gasteiger partial charge in [-0.1, -0.05) is 29.8 Å². The number of para-hydroxylation sites is 1. The molecule has 1 aliphatic rings. The number of aromatic nitrogens is 1. The molecule has 23 heavy (non-hydrogen) atoms. The summed E-state index contributed by atoms with van der Waals surface area (Å²) in [6.45, 7) is 1.54. The van der Waals surface area contributed by atoms with Crippen LogP contribution in [0.25, 0.3) is 0 Å². The molecule has 0 spiro atoms. The van der Waals surface area contributed by atoms with E-state index in [0.29, 0.717) is 16.6 Å². The van der Waals surface area contributed by atoms with Crippen LogP contribution < -0.4 is 9.64 Å². The highest BCUT2D eigenvalue weighted by molar-refractivity contribution is 6.32. The van der Waals surface area contributed by atoms with Crippen LogP contribution in [0.15, 0.2) is 42.5 Å². The van der Waals surface area contributed by atoms with Gasteiger partial charge in [0.15, 0.2) is 5.69 Å². The Labute approximate surface area is 139 Å². The Kier molecular flexibility index (Phi) is 4.67. The van der Waals surface area contributed by atoms with Crippen LogP contribution in [0, 0.1) is 0 Å². The second-order valence-electron chi connectivity index (χ2n) is 5.42. The van der Waals surface area contributed by atoms with Crippen LogP contribution >= 0.6 is 11.6 Å². The Morgan fingerprint density at radius 1 is 1.17 bits per heavy atom. The highest BCUT2D eigenvalue weighted by Crippen LogP contribution is 2.27. The van der Waals surface area contributed by atoms with Crippen molar-refractivity contribution >= 4 is 23.4 Å². The highest BCUT2D eigenvalue weighted by Gasteiger charge is 2.22. The lowest BCUT2D eigenvalue weighted by molar-refractivity contribution is 0.0690. The van der Waals surface area contributed by atoms with Gasteiger partial charge in [-0.2, -0.15) is 0 Å². The topological polar surface area (TPSA) is 62.7 Å². The molecule has 0 amide bonds. The summed E-state index contributed by atoms with van der Waals surface area (Å²) in [6.07, 6.45) is 1.78. The molecule has 0 radical (unpaired) electrons. The summed E-state index contributed by atoms with van der Waals surface area (Å²) < 4.78 is 5.96. The second-order valence-corrected chi connectivity index (χ2v) is 5.83. The fourth-order valence-corrected chi connectivity index (χ4v) is 2.82. The lowest BCUT2D eigenvalue weighted by atomic mass is 10.1. The molecular formula is C17H17ClN2O3. The molecule has 0 unspecified atom stereocenters. The molecule has 2 aromatic rings. The lowest BCUT2D eigenvalue weighted by Crippen LogP contribution is -2.38. The van der Waals surface area contributed by atoms with Gasteiger partial charge in [0.2, 0.25) is 0 Å². The predicted molar refractivity (Wildman–Crippen MR) is 88.5 cm³/mol. The minimum Gasteiger partial charge on any atom is -0.489 e. The number of ether oxygens (including phenoxy) is 1. The first-order valence-electron chi connectivity index (χ1n) is 7.50. The monoisotopic (exact) mass is 332 g/mol. The summed E-state index contributed by atoms with van der Waals surface area (Å²) in [5.41, 5.74) is 0.0666. The molecule has 1 N–H and O–H groups in total. The third-order valence-electron chi connectivity index (χ3n) is 3.85. The van der Waals surface area contributed by atoms with Crippen LogP contribution in [0.3, 0.4) is 0 Å². The molecule has 5 nitrogen and oxygen atoms in total. The van der Waals surface area contributed by atoms with Crippen molar-refractivity contribution in [2.75, 3.05) is 18.0 Å². The van der Waals surface area contributed by atoms with E-state index in [0.717, 1.165) is 25.9 Å². The third-order valence-corrected chi connectivity index (χ3v) is 4.16. The van der Waals surface area contributed by atoms with Crippen LogP contribution in [0.4, 0.5) is 5.82 Å². The van der Waals surface area contributed by atoms with Crippen molar-refractivity contribution in [2.45, 2.75) is 18.9 Å². The Bertz CT molecular complexity index is 700. The van der Waals surface area contributed by atoms with E-state index >= 15 is 0 Å². The summed E-state index contributed by atoms with van der Waals surface area (Å²) in [5, 5.41) is 9.64. The Morgan fingerprint density at radius 2 is 1.91 bits per heavy atom. The summed E-state index contributed by atoms with van der Waals surface area (Å²) in [5.74, 6) is 0.392. The standard InChI is InChI=1S/C17H17ClN2O3/c18-13-4-1-2-6-15(13)23-12-8-10-20(11-9-12)16-7-3-5-14(19-16)17(21)22/h1-7,12H,8-11H2,(H,21,22). The molecule has 0 atom stereocenters. The quantitative estimate of drug-likeness (QED) is 0.928. The molecule has 1 saturated heterocycles. The number of anilines is 1. The van der Waals surface area contributed by atoms with E-state index in [1.54, 1.807) is 6.07 Å². The summed E-state index contributed by atoms with van der Waals surface area (Å²) >= 11 is 6.11. The average Bonchev–Trinajstić information content (AvgIpc) is 2.58. The van der Waals surface area contributed by atoms with Crippen LogP contribution in [0.2, 0.25) is 5.02 Å². The van der Waals surface area contributed by atoms with Gasteiger partial charge in [0.1, 0.15) is 17.7 Å². The third kappa shape index (κ3) is 3.74. The number of carboxylic acids is 1. The van der Waals surface area contributed by atoms with Gasteiger partial charge in [0.25, 0.3) is 0 Å². The Balaban J connectivity index is 1.61. The molecule has 6 heteroatoms. The van der Waals surface area contributed by atoms with E-state index in [4.69, 9.17) is 21.4 Å².